The van der Waals surface area contributed by atoms with Crippen LogP contribution in [0.5, 0.6) is 5.75 Å². The molecule has 0 bridgehead atoms. The zero-order chi connectivity index (χ0) is 16.0. The summed E-state index contributed by atoms with van der Waals surface area (Å²) in [5.41, 5.74) is 6.33. The second-order valence-electron chi connectivity index (χ2n) is 8.13. The number of carbonyl (C=O) groups excluding carboxylic acids is 1. The molecule has 0 radical (unpaired) electrons. The molecule has 3 atom stereocenters. The van der Waals surface area contributed by atoms with Crippen molar-refractivity contribution in [3.05, 3.63) is 34.4 Å². The van der Waals surface area contributed by atoms with E-state index in [2.05, 4.69) is 20.4 Å². The Morgan fingerprint density at radius 3 is 2.64 bits per heavy atom. The van der Waals surface area contributed by atoms with E-state index in [0.717, 1.165) is 40.7 Å². The highest BCUT2D eigenvalue weighted by Gasteiger charge is 2.60. The Hall–Kier alpha value is -1.57. The van der Waals surface area contributed by atoms with Crippen LogP contribution in [0.3, 0.4) is 0 Å². The largest absolute Gasteiger partial charge is 0.507 e. The summed E-state index contributed by atoms with van der Waals surface area (Å²) in [7, 11) is 0. The van der Waals surface area contributed by atoms with E-state index < -0.39 is 0 Å². The minimum Gasteiger partial charge on any atom is -0.507 e. The summed E-state index contributed by atoms with van der Waals surface area (Å²) in [6.07, 6.45) is 2.78. The van der Waals surface area contributed by atoms with Crippen LogP contribution in [-0.4, -0.2) is 10.9 Å². The molecule has 0 amide bonds. The van der Waals surface area contributed by atoms with E-state index >= 15 is 0 Å². The minimum atomic E-state index is -0.0223. The van der Waals surface area contributed by atoms with Crippen molar-refractivity contribution in [2.75, 3.05) is 0 Å². The standard InChI is InChI=1S/C20H24O2/c1-9-6-7-13-17(20(13,4)5)15-11(3)19(22)12-8-10(2)18(21)16(12)14(9)15/h10,13,17,22H,1,6-8H2,2-5H3/t10-,13?,17+/m1/s1. The van der Waals surface area contributed by atoms with Crippen LogP contribution in [0.1, 0.15) is 72.1 Å². The van der Waals surface area contributed by atoms with Gasteiger partial charge in [0.2, 0.25) is 0 Å². The first-order valence-electron chi connectivity index (χ1n) is 8.37. The van der Waals surface area contributed by atoms with Crippen LogP contribution < -0.4 is 0 Å². The molecule has 0 aromatic heterocycles. The summed E-state index contributed by atoms with van der Waals surface area (Å²) in [5, 5.41) is 10.7. The maximum Gasteiger partial charge on any atom is 0.167 e. The fourth-order valence-corrected chi connectivity index (χ4v) is 5.13. The van der Waals surface area contributed by atoms with Gasteiger partial charge in [0.25, 0.3) is 0 Å². The summed E-state index contributed by atoms with van der Waals surface area (Å²) >= 11 is 0. The van der Waals surface area contributed by atoms with Crippen molar-refractivity contribution < 1.29 is 9.90 Å². The van der Waals surface area contributed by atoms with Crippen molar-refractivity contribution in [1.82, 2.24) is 0 Å². The molecule has 0 heterocycles. The number of carbonyl (C=O) groups is 1. The number of allylic oxidation sites excluding steroid dienone is 1. The lowest BCUT2D eigenvalue weighted by Gasteiger charge is -2.21. The zero-order valence-corrected chi connectivity index (χ0v) is 13.9. The van der Waals surface area contributed by atoms with Gasteiger partial charge >= 0.3 is 0 Å². The van der Waals surface area contributed by atoms with Gasteiger partial charge in [0.05, 0.1) is 0 Å². The Morgan fingerprint density at radius 1 is 1.27 bits per heavy atom. The van der Waals surface area contributed by atoms with E-state index in [1.165, 1.54) is 5.56 Å². The molecule has 22 heavy (non-hydrogen) atoms. The number of hydrogen-bond donors (Lipinski definition) is 1. The first kappa shape index (κ1) is 14.0. The van der Waals surface area contributed by atoms with Gasteiger partial charge in [-0.05, 0) is 65.7 Å². The quantitative estimate of drug-likeness (QED) is 0.758. The molecule has 1 aromatic carbocycles. The van der Waals surface area contributed by atoms with Crippen LogP contribution in [-0.2, 0) is 6.42 Å². The highest BCUT2D eigenvalue weighted by Crippen LogP contribution is 2.70. The van der Waals surface area contributed by atoms with Gasteiger partial charge < -0.3 is 5.11 Å². The van der Waals surface area contributed by atoms with Gasteiger partial charge in [0.15, 0.2) is 5.78 Å². The third kappa shape index (κ3) is 1.48. The van der Waals surface area contributed by atoms with E-state index in [4.69, 9.17) is 0 Å². The zero-order valence-electron chi connectivity index (χ0n) is 13.9. The molecule has 0 spiro atoms. The molecule has 0 saturated heterocycles. The van der Waals surface area contributed by atoms with Gasteiger partial charge in [-0.25, -0.2) is 0 Å². The van der Waals surface area contributed by atoms with Crippen molar-refractivity contribution in [1.29, 1.82) is 0 Å². The highest BCUT2D eigenvalue weighted by molar-refractivity contribution is 6.07. The van der Waals surface area contributed by atoms with Crippen LogP contribution in [0.15, 0.2) is 6.58 Å². The third-order valence-electron chi connectivity index (χ3n) is 6.54. The molecular weight excluding hydrogens is 272 g/mol. The van der Waals surface area contributed by atoms with Gasteiger partial charge in [-0.3, -0.25) is 4.79 Å². The van der Waals surface area contributed by atoms with Crippen molar-refractivity contribution in [3.8, 4) is 5.75 Å². The number of ketones is 1. The molecule has 0 aliphatic heterocycles. The third-order valence-corrected chi connectivity index (χ3v) is 6.54. The van der Waals surface area contributed by atoms with E-state index in [1.807, 2.05) is 13.8 Å². The van der Waals surface area contributed by atoms with Crippen LogP contribution in [0.4, 0.5) is 0 Å². The number of phenols is 1. The number of rotatable bonds is 0. The first-order valence-corrected chi connectivity index (χ1v) is 8.37. The molecule has 2 nitrogen and oxygen atoms in total. The Kier molecular flexibility index (Phi) is 2.58. The fourth-order valence-electron chi connectivity index (χ4n) is 5.13. The highest BCUT2D eigenvalue weighted by atomic mass is 16.3. The maximum absolute atomic E-state index is 12.7. The molecule has 3 aliphatic carbocycles. The molecule has 1 saturated carbocycles. The van der Waals surface area contributed by atoms with Crippen molar-refractivity contribution in [2.24, 2.45) is 17.3 Å². The van der Waals surface area contributed by atoms with E-state index in [-0.39, 0.29) is 17.1 Å². The van der Waals surface area contributed by atoms with Crippen molar-refractivity contribution in [3.63, 3.8) is 0 Å². The molecule has 116 valence electrons. The summed E-state index contributed by atoms with van der Waals surface area (Å²) in [6, 6.07) is 0. The number of fused-ring (bicyclic) bond motifs is 5. The molecule has 4 rings (SSSR count). The predicted molar refractivity (Wildman–Crippen MR) is 88.3 cm³/mol. The van der Waals surface area contributed by atoms with Crippen LogP contribution in [0, 0.1) is 24.2 Å². The van der Waals surface area contributed by atoms with E-state index in [0.29, 0.717) is 24.0 Å². The van der Waals surface area contributed by atoms with E-state index in [9.17, 15) is 9.90 Å². The normalized spacial score (nSPS) is 31.4. The summed E-state index contributed by atoms with van der Waals surface area (Å²) < 4.78 is 0. The fraction of sp³-hybridized carbons (Fsp3) is 0.550. The average Bonchev–Trinajstić information content (AvgIpc) is 2.93. The second kappa shape index (κ2) is 4.04. The Balaban J connectivity index is 2.07. The Labute approximate surface area is 132 Å². The summed E-state index contributed by atoms with van der Waals surface area (Å²) in [6.45, 7) is 12.9. The van der Waals surface area contributed by atoms with Crippen molar-refractivity contribution >= 4 is 11.4 Å². The SMILES string of the molecule is C=C1CCC2[C@@H](c3c(C)c(O)c4c(c31)C(=O)[C@H](C)C4)C2(C)C. The monoisotopic (exact) mass is 296 g/mol. The van der Waals surface area contributed by atoms with Crippen molar-refractivity contribution in [2.45, 2.75) is 52.9 Å². The molecule has 1 aromatic rings. The number of phenolic OH excluding ortho intramolecular Hbond substituents is 1. The first-order chi connectivity index (χ1) is 10.3. The summed E-state index contributed by atoms with van der Waals surface area (Å²) in [5.74, 6) is 1.64. The Bertz CT molecular complexity index is 739. The van der Waals surface area contributed by atoms with Crippen LogP contribution >= 0.6 is 0 Å². The Morgan fingerprint density at radius 2 is 1.95 bits per heavy atom. The molecule has 2 heteroatoms. The van der Waals surface area contributed by atoms with Gasteiger partial charge in [0, 0.05) is 17.0 Å². The lowest BCUT2D eigenvalue weighted by molar-refractivity contribution is 0.0946. The number of benzene rings is 1. The number of Topliss-reactive ketones (excluding diaryl/α,β-unsaturated/α-hetero) is 1. The summed E-state index contributed by atoms with van der Waals surface area (Å²) in [4.78, 5) is 12.7. The molecule has 1 N–H and O–H groups in total. The number of aromatic hydroxyl groups is 1. The average molecular weight is 296 g/mol. The minimum absolute atomic E-state index is 0.0223. The van der Waals surface area contributed by atoms with Gasteiger partial charge in [-0.1, -0.05) is 27.4 Å². The molecule has 1 fully saturated rings. The lowest BCUT2D eigenvalue weighted by atomic mass is 9.84. The topological polar surface area (TPSA) is 37.3 Å². The van der Waals surface area contributed by atoms with Gasteiger partial charge in [0.1, 0.15) is 5.75 Å². The maximum atomic E-state index is 12.7. The smallest absolute Gasteiger partial charge is 0.167 e. The lowest BCUT2D eigenvalue weighted by Crippen LogP contribution is -2.09. The van der Waals surface area contributed by atoms with Crippen LogP contribution in [0.25, 0.3) is 5.57 Å². The molecule has 3 aliphatic rings. The predicted octanol–water partition coefficient (Wildman–Crippen LogP) is 4.62. The van der Waals surface area contributed by atoms with Crippen LogP contribution in [0.2, 0.25) is 0 Å². The molecule has 1 unspecified atom stereocenters. The van der Waals surface area contributed by atoms with Gasteiger partial charge in [-0.2, -0.15) is 0 Å². The molecular formula is C20H24O2. The second-order valence-corrected chi connectivity index (χ2v) is 8.13. The van der Waals surface area contributed by atoms with Gasteiger partial charge in [-0.15, -0.1) is 0 Å². The van der Waals surface area contributed by atoms with E-state index in [1.54, 1.807) is 0 Å². The number of hydrogen-bond acceptors (Lipinski definition) is 2.